The van der Waals surface area contributed by atoms with Crippen molar-refractivity contribution < 1.29 is 0 Å². The Morgan fingerprint density at radius 2 is 0.855 bits per heavy atom. The second kappa shape index (κ2) is 18.3. The molecule has 0 radical (unpaired) electrons. The summed E-state index contributed by atoms with van der Waals surface area (Å²) in [5.41, 5.74) is 16.3. The lowest BCUT2D eigenvalue weighted by Crippen LogP contribution is -2.53. The number of hydrogen-bond donors (Lipinski definition) is 0. The molecule has 0 aliphatic carbocycles. The number of fused-ring (bicyclic) bond motifs is 2. The molecule has 2 atom stereocenters. The standard InChI is InChI=1S/C60H47B2N7/c1-43-54-24-8-9-25-56(54)67(52-32-28-45(29-33-52)59-63-36-14-37-64-59)61(42-55(43)44-16-4-2-5-17-44)49-20-12-18-47(40-49)48-19-13-21-50(41-48)62-68(51-22-6-3-7-23-51)57-26-10-11-27-58(57)69(62)53-34-30-46(31-35-53)60-65-38-15-39-66-60/h2-41,43,55H,42H2,1H3. The van der Waals surface area contributed by atoms with E-state index in [0.29, 0.717) is 5.82 Å². The zero-order valence-electron chi connectivity index (χ0n) is 38.2. The van der Waals surface area contributed by atoms with Crippen LogP contribution in [0.2, 0.25) is 6.32 Å². The molecule has 4 heterocycles. The normalized spacial score (nSPS) is 15.4. The molecule has 2 unspecified atom stereocenters. The lowest BCUT2D eigenvalue weighted by Gasteiger charge is -2.33. The van der Waals surface area contributed by atoms with E-state index in [1.165, 1.54) is 33.3 Å². The Balaban J connectivity index is 0.972. The first-order valence-corrected chi connectivity index (χ1v) is 23.8. The predicted molar refractivity (Wildman–Crippen MR) is 286 cm³/mol. The maximum atomic E-state index is 4.56. The molecule has 12 rings (SSSR count). The number of anilines is 6. The van der Waals surface area contributed by atoms with Crippen molar-refractivity contribution in [2.45, 2.75) is 25.1 Å². The van der Waals surface area contributed by atoms with Gasteiger partial charge in [0.15, 0.2) is 11.6 Å². The van der Waals surface area contributed by atoms with Crippen LogP contribution >= 0.6 is 0 Å². The van der Waals surface area contributed by atoms with E-state index in [0.717, 1.165) is 57.3 Å². The van der Waals surface area contributed by atoms with Gasteiger partial charge in [-0.15, -0.1) is 0 Å². The van der Waals surface area contributed by atoms with E-state index in [4.69, 9.17) is 0 Å². The highest BCUT2D eigenvalue weighted by Gasteiger charge is 2.44. The maximum absolute atomic E-state index is 4.56. The lowest BCUT2D eigenvalue weighted by atomic mass is 9.48. The zero-order chi connectivity index (χ0) is 46.1. The van der Waals surface area contributed by atoms with E-state index in [2.05, 4.69) is 248 Å². The molecule has 2 aliphatic rings. The van der Waals surface area contributed by atoms with Crippen molar-refractivity contribution in [2.24, 2.45) is 0 Å². The van der Waals surface area contributed by atoms with Crippen molar-refractivity contribution in [3.63, 3.8) is 0 Å². The van der Waals surface area contributed by atoms with Gasteiger partial charge in [-0.2, -0.15) is 0 Å². The number of para-hydroxylation sites is 4. The molecule has 0 fully saturated rings. The second-order valence-corrected chi connectivity index (χ2v) is 17.9. The number of rotatable bonds is 9. The van der Waals surface area contributed by atoms with Gasteiger partial charge in [0, 0.05) is 58.7 Å². The summed E-state index contributed by atoms with van der Waals surface area (Å²) in [5.74, 6) is 1.99. The molecule has 7 nitrogen and oxygen atoms in total. The van der Waals surface area contributed by atoms with Crippen molar-refractivity contribution in [2.75, 3.05) is 14.4 Å². The molecule has 0 saturated carbocycles. The maximum Gasteiger partial charge on any atom is 0.420 e. The minimum Gasteiger partial charge on any atom is -0.381 e. The number of aromatic nitrogens is 4. The first kappa shape index (κ1) is 41.8. The van der Waals surface area contributed by atoms with E-state index in [1.807, 2.05) is 12.1 Å². The van der Waals surface area contributed by atoms with Crippen LogP contribution in [0, 0.1) is 0 Å². The molecule has 8 aromatic carbocycles. The fourth-order valence-electron chi connectivity index (χ4n) is 10.7. The monoisotopic (exact) mass is 887 g/mol. The van der Waals surface area contributed by atoms with Crippen LogP contribution in [0.25, 0.3) is 33.9 Å². The van der Waals surface area contributed by atoms with Crippen molar-refractivity contribution in [1.29, 1.82) is 0 Å². The third kappa shape index (κ3) is 7.91. The highest BCUT2D eigenvalue weighted by Crippen LogP contribution is 2.48. The number of benzene rings is 8. The Morgan fingerprint density at radius 3 is 1.43 bits per heavy atom. The topological polar surface area (TPSA) is 61.3 Å². The van der Waals surface area contributed by atoms with Crippen LogP contribution in [0.4, 0.5) is 34.1 Å². The van der Waals surface area contributed by atoms with Gasteiger partial charge < -0.3 is 14.4 Å². The van der Waals surface area contributed by atoms with E-state index < -0.39 is 0 Å². The zero-order valence-corrected chi connectivity index (χ0v) is 38.2. The third-order valence-electron chi connectivity index (χ3n) is 14.0. The first-order chi connectivity index (χ1) is 34.2. The average Bonchev–Trinajstić information content (AvgIpc) is 3.72. The molecule has 2 aromatic heterocycles. The summed E-state index contributed by atoms with van der Waals surface area (Å²) in [7, 11) is 0. The van der Waals surface area contributed by atoms with Crippen LogP contribution in [-0.2, 0) is 0 Å². The molecule has 0 amide bonds. The molecular weight excluding hydrogens is 840 g/mol. The van der Waals surface area contributed by atoms with Gasteiger partial charge in [0.2, 0.25) is 0 Å². The van der Waals surface area contributed by atoms with Gasteiger partial charge in [0.1, 0.15) is 0 Å². The summed E-state index contributed by atoms with van der Waals surface area (Å²) in [6.45, 7) is 2.24. The molecular formula is C60H47B2N7. The van der Waals surface area contributed by atoms with E-state index in [9.17, 15) is 0 Å². The molecule has 69 heavy (non-hydrogen) atoms. The van der Waals surface area contributed by atoms with Crippen molar-refractivity contribution in [1.82, 2.24) is 19.9 Å². The van der Waals surface area contributed by atoms with Crippen molar-refractivity contribution in [3.8, 4) is 33.9 Å². The molecule has 0 N–H and O–H groups in total. The summed E-state index contributed by atoms with van der Waals surface area (Å²) in [4.78, 5) is 25.7. The van der Waals surface area contributed by atoms with E-state index in [-0.39, 0.29) is 25.7 Å². The number of hydrogen-bond acceptors (Lipinski definition) is 7. The van der Waals surface area contributed by atoms with Gasteiger partial charge in [-0.25, -0.2) is 19.9 Å². The van der Waals surface area contributed by atoms with Crippen LogP contribution < -0.4 is 25.4 Å². The van der Waals surface area contributed by atoms with Gasteiger partial charge in [0.25, 0.3) is 6.85 Å². The van der Waals surface area contributed by atoms with Gasteiger partial charge in [-0.3, -0.25) is 0 Å². The van der Waals surface area contributed by atoms with Crippen molar-refractivity contribution >= 4 is 58.9 Å². The molecule has 0 bridgehead atoms. The summed E-state index contributed by atoms with van der Waals surface area (Å²) < 4.78 is 0. The van der Waals surface area contributed by atoms with Crippen LogP contribution in [-0.4, -0.2) is 33.8 Å². The first-order valence-electron chi connectivity index (χ1n) is 23.8. The fraction of sp³-hybridized carbons (Fsp3) is 0.0667. The average molecular weight is 888 g/mol. The lowest BCUT2D eigenvalue weighted by molar-refractivity contribution is 0.625. The smallest absolute Gasteiger partial charge is 0.381 e. The largest absolute Gasteiger partial charge is 0.420 e. The molecule has 0 spiro atoms. The summed E-state index contributed by atoms with van der Waals surface area (Å²) in [6, 6.07) is 79.2. The minimum absolute atomic E-state index is 0.0147. The molecule has 2 aliphatic heterocycles. The highest BCUT2D eigenvalue weighted by atomic mass is 15.3. The van der Waals surface area contributed by atoms with Gasteiger partial charge >= 0.3 is 6.98 Å². The quantitative estimate of drug-likeness (QED) is 0.134. The van der Waals surface area contributed by atoms with Crippen LogP contribution in [0.5, 0.6) is 0 Å². The fourth-order valence-corrected chi connectivity index (χ4v) is 10.7. The Bertz CT molecular complexity index is 3360. The van der Waals surface area contributed by atoms with Crippen LogP contribution in [0.3, 0.4) is 0 Å². The molecule has 9 heteroatoms. The minimum atomic E-state index is -0.182. The Morgan fingerprint density at radius 1 is 0.391 bits per heavy atom. The van der Waals surface area contributed by atoms with Crippen LogP contribution in [0.1, 0.15) is 29.9 Å². The number of nitrogens with zero attached hydrogens (tertiary/aromatic N) is 7. The summed E-state index contributed by atoms with van der Waals surface area (Å²) in [5, 5.41) is 0. The predicted octanol–water partition coefficient (Wildman–Crippen LogP) is 12.9. The van der Waals surface area contributed by atoms with Gasteiger partial charge in [-0.1, -0.05) is 140 Å². The van der Waals surface area contributed by atoms with Crippen molar-refractivity contribution in [3.05, 3.63) is 254 Å². The molecule has 0 saturated heterocycles. The third-order valence-corrected chi connectivity index (χ3v) is 14.0. The van der Waals surface area contributed by atoms with E-state index >= 15 is 0 Å². The Hall–Kier alpha value is -8.55. The summed E-state index contributed by atoms with van der Waals surface area (Å²) in [6.07, 6.45) is 8.10. The Kier molecular flexibility index (Phi) is 11.1. The van der Waals surface area contributed by atoms with Gasteiger partial charge in [-0.05, 0) is 137 Å². The summed E-state index contributed by atoms with van der Waals surface area (Å²) >= 11 is 0. The van der Waals surface area contributed by atoms with E-state index in [1.54, 1.807) is 24.8 Å². The highest BCUT2D eigenvalue weighted by molar-refractivity contribution is 6.84. The van der Waals surface area contributed by atoms with Gasteiger partial charge in [0.05, 0.1) is 11.4 Å². The SMILES string of the molecule is CC1c2ccccc2N(c2ccc(-c3ncccn3)cc2)B(c2cccc(-c3cccc(B4N(c5ccccc5)c5ccccc5N4c4ccc(-c5ncccn5)cc4)c3)c2)CC1c1ccccc1. The van der Waals surface area contributed by atoms with Crippen LogP contribution in [0.15, 0.2) is 243 Å². The molecule has 328 valence electrons. The second-order valence-electron chi connectivity index (χ2n) is 17.9. The Labute approximate surface area is 404 Å². The molecule has 10 aromatic rings.